The number of anilines is 2. The van der Waals surface area contributed by atoms with Crippen LogP contribution in [0.2, 0.25) is 0 Å². The molecule has 0 bridgehead atoms. The third kappa shape index (κ3) is 4.92. The summed E-state index contributed by atoms with van der Waals surface area (Å²) in [7, 11) is 2.15. The van der Waals surface area contributed by atoms with E-state index in [2.05, 4.69) is 37.9 Å². The molecule has 0 atom stereocenters. The van der Waals surface area contributed by atoms with E-state index in [1.54, 1.807) is 6.20 Å². The predicted octanol–water partition coefficient (Wildman–Crippen LogP) is 2.68. The highest BCUT2D eigenvalue weighted by molar-refractivity contribution is 7.80. The van der Waals surface area contributed by atoms with Gasteiger partial charge in [0.2, 0.25) is 0 Å². The first kappa shape index (κ1) is 18.6. The minimum atomic E-state index is 0.417. The lowest BCUT2D eigenvalue weighted by atomic mass is 10.1. The average molecular weight is 375 g/mol. The van der Waals surface area contributed by atoms with Crippen molar-refractivity contribution >= 4 is 28.8 Å². The Labute approximate surface area is 159 Å². The third-order valence-corrected chi connectivity index (χ3v) is 4.75. The Morgan fingerprint density at radius 1 is 1.35 bits per heavy atom. The number of aryl methyl sites for hydroxylation is 2. The molecule has 3 rings (SSSR count). The first-order chi connectivity index (χ1) is 12.5. The van der Waals surface area contributed by atoms with Gasteiger partial charge in [-0.2, -0.15) is 0 Å². The van der Waals surface area contributed by atoms with E-state index in [9.17, 15) is 0 Å². The van der Waals surface area contributed by atoms with E-state index in [1.165, 1.54) is 0 Å². The number of piperidine rings is 1. The molecule has 0 radical (unpaired) electrons. The van der Waals surface area contributed by atoms with Gasteiger partial charge in [0.15, 0.2) is 11.0 Å². The van der Waals surface area contributed by atoms with Crippen LogP contribution in [0.5, 0.6) is 0 Å². The number of aromatic nitrogens is 2. The van der Waals surface area contributed by atoms with Gasteiger partial charge in [-0.1, -0.05) is 0 Å². The fourth-order valence-corrected chi connectivity index (χ4v) is 3.32. The summed E-state index contributed by atoms with van der Waals surface area (Å²) in [5.74, 6) is 2.22. The molecule has 1 aliphatic rings. The second-order valence-corrected chi connectivity index (χ2v) is 7.07. The first-order valence-electron chi connectivity index (χ1n) is 8.89. The number of hydrogen-bond donors (Lipinski definition) is 3. The number of thiocarbonyl (C=S) groups is 1. The summed E-state index contributed by atoms with van der Waals surface area (Å²) in [5.41, 5.74) is 1.72. The van der Waals surface area contributed by atoms with E-state index in [-0.39, 0.29) is 0 Å². The molecule has 1 saturated heterocycles. The number of pyridine rings is 1. The van der Waals surface area contributed by atoms with Crippen molar-refractivity contribution in [1.82, 2.24) is 20.2 Å². The molecule has 2 aromatic heterocycles. The molecule has 0 aromatic carbocycles. The van der Waals surface area contributed by atoms with Crippen LogP contribution in [0.3, 0.4) is 0 Å². The monoisotopic (exact) mass is 374 g/mol. The Hall–Kier alpha value is -2.19. The van der Waals surface area contributed by atoms with E-state index in [0.29, 0.717) is 23.6 Å². The molecule has 140 valence electrons. The molecule has 0 saturated carbocycles. The summed E-state index contributed by atoms with van der Waals surface area (Å²) in [6.07, 6.45) is 3.95. The van der Waals surface area contributed by atoms with Crippen LogP contribution in [0.1, 0.15) is 30.2 Å². The van der Waals surface area contributed by atoms with Crippen LogP contribution in [-0.2, 0) is 6.54 Å². The van der Waals surface area contributed by atoms with Crippen LogP contribution in [0.15, 0.2) is 22.7 Å². The fourth-order valence-electron chi connectivity index (χ4n) is 3.05. The van der Waals surface area contributed by atoms with Crippen molar-refractivity contribution in [1.29, 1.82) is 0 Å². The van der Waals surface area contributed by atoms with Gasteiger partial charge >= 0.3 is 0 Å². The van der Waals surface area contributed by atoms with Crippen molar-refractivity contribution in [3.8, 4) is 0 Å². The van der Waals surface area contributed by atoms with Gasteiger partial charge in [0, 0.05) is 19.2 Å². The van der Waals surface area contributed by atoms with E-state index in [1.807, 2.05) is 26.0 Å². The van der Waals surface area contributed by atoms with Gasteiger partial charge in [0.1, 0.15) is 17.3 Å². The molecule has 0 aliphatic carbocycles. The Morgan fingerprint density at radius 2 is 2.12 bits per heavy atom. The molecular formula is C18H26N6OS. The smallest absolute Gasteiger partial charge is 0.191 e. The average Bonchev–Trinajstić information content (AvgIpc) is 2.93. The highest BCUT2D eigenvalue weighted by atomic mass is 32.1. The first-order valence-corrected chi connectivity index (χ1v) is 9.30. The number of nitrogens with zero attached hydrogens (tertiary/aromatic N) is 3. The molecule has 7 nitrogen and oxygen atoms in total. The van der Waals surface area contributed by atoms with Crippen LogP contribution >= 0.6 is 12.2 Å². The van der Waals surface area contributed by atoms with Crippen LogP contribution in [0.25, 0.3) is 0 Å². The molecule has 3 heterocycles. The van der Waals surface area contributed by atoms with Crippen LogP contribution < -0.4 is 16.0 Å². The highest BCUT2D eigenvalue weighted by Crippen LogP contribution is 2.20. The molecule has 2 aromatic rings. The van der Waals surface area contributed by atoms with Crippen molar-refractivity contribution in [2.75, 3.05) is 30.8 Å². The van der Waals surface area contributed by atoms with Gasteiger partial charge in [0.05, 0.1) is 12.2 Å². The molecule has 1 aliphatic heterocycles. The Bertz CT molecular complexity index is 754. The lowest BCUT2D eigenvalue weighted by molar-refractivity contribution is 0.247. The van der Waals surface area contributed by atoms with Gasteiger partial charge in [-0.25, -0.2) is 9.97 Å². The van der Waals surface area contributed by atoms with Crippen LogP contribution in [-0.4, -0.2) is 46.2 Å². The molecule has 0 amide bonds. The van der Waals surface area contributed by atoms with Crippen molar-refractivity contribution in [3.05, 3.63) is 35.7 Å². The topological polar surface area (TPSA) is 78.2 Å². The zero-order chi connectivity index (χ0) is 18.5. The van der Waals surface area contributed by atoms with E-state index in [0.717, 1.165) is 48.9 Å². The normalized spacial score (nSPS) is 15.7. The largest absolute Gasteiger partial charge is 0.446 e. The summed E-state index contributed by atoms with van der Waals surface area (Å²) in [5, 5.41) is 10.6. The molecule has 3 N–H and O–H groups in total. The Kier molecular flexibility index (Phi) is 6.05. The van der Waals surface area contributed by atoms with Gasteiger partial charge in [0.25, 0.3) is 0 Å². The maximum absolute atomic E-state index is 5.49. The second-order valence-electron chi connectivity index (χ2n) is 6.66. The van der Waals surface area contributed by atoms with Gasteiger partial charge in [-0.05, 0) is 64.3 Å². The van der Waals surface area contributed by atoms with Gasteiger partial charge in [-0.15, -0.1) is 0 Å². The summed E-state index contributed by atoms with van der Waals surface area (Å²) < 4.78 is 5.47. The fraction of sp³-hybridized carbons (Fsp3) is 0.500. The minimum absolute atomic E-state index is 0.417. The van der Waals surface area contributed by atoms with Crippen LogP contribution in [0, 0.1) is 13.8 Å². The van der Waals surface area contributed by atoms with Gasteiger partial charge in [-0.3, -0.25) is 0 Å². The molecule has 26 heavy (non-hydrogen) atoms. The number of nitrogens with one attached hydrogen (secondary N) is 3. The number of oxazole rings is 1. The predicted molar refractivity (Wildman–Crippen MR) is 107 cm³/mol. The third-order valence-electron chi connectivity index (χ3n) is 4.53. The van der Waals surface area contributed by atoms with E-state index < -0.39 is 0 Å². The zero-order valence-corrected chi connectivity index (χ0v) is 16.3. The van der Waals surface area contributed by atoms with Crippen molar-refractivity contribution in [3.63, 3.8) is 0 Å². The van der Waals surface area contributed by atoms with Crippen molar-refractivity contribution in [2.24, 2.45) is 0 Å². The number of hydrogen-bond acceptors (Lipinski definition) is 6. The van der Waals surface area contributed by atoms with Gasteiger partial charge < -0.3 is 25.3 Å². The molecule has 0 unspecified atom stereocenters. The SMILES string of the molecule is Cc1nc(CNc2ncccc2NC(=S)NC2CCN(C)CC2)c(C)o1. The minimum Gasteiger partial charge on any atom is -0.446 e. The highest BCUT2D eigenvalue weighted by Gasteiger charge is 2.17. The van der Waals surface area contributed by atoms with Crippen LogP contribution in [0.4, 0.5) is 11.5 Å². The molecule has 0 spiro atoms. The Balaban J connectivity index is 1.58. The summed E-state index contributed by atoms with van der Waals surface area (Å²) in [4.78, 5) is 11.1. The molecule has 1 fully saturated rings. The maximum atomic E-state index is 5.49. The molecular weight excluding hydrogens is 348 g/mol. The lowest BCUT2D eigenvalue weighted by Gasteiger charge is -2.30. The second kappa shape index (κ2) is 8.46. The van der Waals surface area contributed by atoms with Crippen molar-refractivity contribution < 1.29 is 4.42 Å². The standard InChI is InChI=1S/C18H26N6OS/c1-12-16(21-13(2)25-12)11-20-17-15(5-4-8-19-17)23-18(26)22-14-6-9-24(3)10-7-14/h4-5,8,14H,6-7,9-11H2,1-3H3,(H,19,20)(H2,22,23,26). The maximum Gasteiger partial charge on any atom is 0.191 e. The lowest BCUT2D eigenvalue weighted by Crippen LogP contribution is -2.44. The van der Waals surface area contributed by atoms with E-state index in [4.69, 9.17) is 16.6 Å². The quantitative estimate of drug-likeness (QED) is 0.690. The Morgan fingerprint density at radius 3 is 2.81 bits per heavy atom. The van der Waals surface area contributed by atoms with Crippen molar-refractivity contribution in [2.45, 2.75) is 39.3 Å². The number of likely N-dealkylation sites (tertiary alicyclic amines) is 1. The summed E-state index contributed by atoms with van der Waals surface area (Å²) >= 11 is 5.49. The van der Waals surface area contributed by atoms with E-state index >= 15 is 0 Å². The zero-order valence-electron chi connectivity index (χ0n) is 15.5. The molecule has 8 heteroatoms. The summed E-state index contributed by atoms with van der Waals surface area (Å²) in [6.45, 7) is 6.49. The summed E-state index contributed by atoms with van der Waals surface area (Å²) in [6, 6.07) is 4.26. The number of rotatable bonds is 5.